The number of nitrogens with zero attached hydrogens (tertiary/aromatic N) is 2. The summed E-state index contributed by atoms with van der Waals surface area (Å²) in [5.74, 6) is -1.05. The minimum atomic E-state index is -0.820. The van der Waals surface area contributed by atoms with E-state index in [1.165, 1.54) is 0 Å². The molecule has 8 nitrogen and oxygen atoms in total. The zero-order valence-corrected chi connectivity index (χ0v) is 14.3. The maximum absolute atomic E-state index is 12.1. The van der Waals surface area contributed by atoms with Crippen LogP contribution in [0.1, 0.15) is 21.5 Å². The van der Waals surface area contributed by atoms with Crippen molar-refractivity contribution in [3.8, 4) is 11.6 Å². The SMILES string of the molecule is Cc1cccc(-n2c(O)c(/C=N\NC(=O)c3ccccc3)c(=O)[nH]c2=O)c1. The smallest absolute Gasteiger partial charge is 0.335 e. The number of benzene rings is 2. The number of H-pyrrole nitrogens is 1. The summed E-state index contributed by atoms with van der Waals surface area (Å²) in [5, 5.41) is 14.1. The molecule has 0 saturated heterocycles. The zero-order valence-electron chi connectivity index (χ0n) is 14.3. The summed E-state index contributed by atoms with van der Waals surface area (Å²) in [5.41, 5.74) is 2.04. The van der Waals surface area contributed by atoms with Gasteiger partial charge in [-0.2, -0.15) is 5.10 Å². The average Bonchev–Trinajstić information content (AvgIpc) is 2.65. The van der Waals surface area contributed by atoms with Crippen LogP contribution in [0.4, 0.5) is 0 Å². The number of hydrogen-bond donors (Lipinski definition) is 3. The molecule has 8 heteroatoms. The first-order valence-electron chi connectivity index (χ1n) is 8.01. The topological polar surface area (TPSA) is 117 Å². The van der Waals surface area contributed by atoms with E-state index in [2.05, 4.69) is 15.5 Å². The van der Waals surface area contributed by atoms with Gasteiger partial charge in [0.1, 0.15) is 5.56 Å². The Bertz CT molecular complexity index is 1130. The van der Waals surface area contributed by atoms with Crippen LogP contribution in [-0.4, -0.2) is 26.8 Å². The molecule has 1 amide bonds. The van der Waals surface area contributed by atoms with Gasteiger partial charge in [-0.1, -0.05) is 30.3 Å². The Hall–Kier alpha value is -3.94. The lowest BCUT2D eigenvalue weighted by Gasteiger charge is -2.10. The lowest BCUT2D eigenvalue weighted by molar-refractivity contribution is 0.0955. The molecule has 0 aliphatic carbocycles. The van der Waals surface area contributed by atoms with Gasteiger partial charge in [0.15, 0.2) is 0 Å². The van der Waals surface area contributed by atoms with Crippen LogP contribution in [0.2, 0.25) is 0 Å². The third-order valence-corrected chi connectivity index (χ3v) is 3.78. The summed E-state index contributed by atoms with van der Waals surface area (Å²) in [6.45, 7) is 1.83. The summed E-state index contributed by atoms with van der Waals surface area (Å²) in [4.78, 5) is 38.2. The normalized spacial score (nSPS) is 10.9. The van der Waals surface area contributed by atoms with Crippen LogP contribution < -0.4 is 16.7 Å². The zero-order chi connectivity index (χ0) is 19.4. The van der Waals surface area contributed by atoms with Crippen molar-refractivity contribution in [3.63, 3.8) is 0 Å². The number of amides is 1. The second-order valence-corrected chi connectivity index (χ2v) is 5.74. The second kappa shape index (κ2) is 7.52. The summed E-state index contributed by atoms with van der Waals surface area (Å²) in [7, 11) is 0. The lowest BCUT2D eigenvalue weighted by atomic mass is 10.2. The number of nitrogens with one attached hydrogen (secondary N) is 2. The number of aromatic nitrogens is 2. The van der Waals surface area contributed by atoms with Crippen molar-refractivity contribution >= 4 is 12.1 Å². The summed E-state index contributed by atoms with van der Waals surface area (Å²) in [6.07, 6.45) is 0.987. The Labute approximate surface area is 153 Å². The average molecular weight is 364 g/mol. The van der Waals surface area contributed by atoms with Crippen molar-refractivity contribution in [3.05, 3.63) is 92.1 Å². The first-order chi connectivity index (χ1) is 13.0. The maximum atomic E-state index is 12.1. The third kappa shape index (κ3) is 3.84. The van der Waals surface area contributed by atoms with Crippen LogP contribution in [0.3, 0.4) is 0 Å². The summed E-state index contributed by atoms with van der Waals surface area (Å²) in [6, 6.07) is 15.2. The van der Waals surface area contributed by atoms with Gasteiger partial charge in [0.05, 0.1) is 11.9 Å². The largest absolute Gasteiger partial charge is 0.493 e. The van der Waals surface area contributed by atoms with Crippen LogP contribution >= 0.6 is 0 Å². The van der Waals surface area contributed by atoms with Crippen LogP contribution in [0.5, 0.6) is 5.88 Å². The van der Waals surface area contributed by atoms with E-state index in [1.807, 2.05) is 13.0 Å². The van der Waals surface area contributed by atoms with Gasteiger partial charge in [0.2, 0.25) is 5.88 Å². The lowest BCUT2D eigenvalue weighted by Crippen LogP contribution is -2.31. The van der Waals surface area contributed by atoms with Gasteiger partial charge in [0, 0.05) is 5.56 Å². The molecule has 136 valence electrons. The van der Waals surface area contributed by atoms with Crippen molar-refractivity contribution in [2.45, 2.75) is 6.92 Å². The molecule has 0 unspecified atom stereocenters. The number of aryl methyl sites for hydroxylation is 1. The second-order valence-electron chi connectivity index (χ2n) is 5.74. The Balaban J connectivity index is 1.94. The van der Waals surface area contributed by atoms with Crippen molar-refractivity contribution in [1.82, 2.24) is 15.0 Å². The molecular formula is C19H16N4O4. The quantitative estimate of drug-likeness (QED) is 0.478. The van der Waals surface area contributed by atoms with Gasteiger partial charge in [0.25, 0.3) is 11.5 Å². The van der Waals surface area contributed by atoms with Crippen molar-refractivity contribution in [2.75, 3.05) is 0 Å². The molecule has 3 aromatic rings. The van der Waals surface area contributed by atoms with Gasteiger partial charge in [-0.15, -0.1) is 0 Å². The molecule has 1 aromatic heterocycles. The molecule has 0 radical (unpaired) electrons. The summed E-state index contributed by atoms with van der Waals surface area (Å²) < 4.78 is 0.953. The van der Waals surface area contributed by atoms with Crippen LogP contribution in [-0.2, 0) is 0 Å². The fourth-order valence-corrected chi connectivity index (χ4v) is 2.47. The highest BCUT2D eigenvalue weighted by atomic mass is 16.3. The number of carbonyl (C=O) groups excluding carboxylic acids is 1. The van der Waals surface area contributed by atoms with Crippen LogP contribution in [0.15, 0.2) is 69.3 Å². The molecule has 1 heterocycles. The Morgan fingerprint density at radius 3 is 2.59 bits per heavy atom. The molecule has 0 fully saturated rings. The Kier molecular flexibility index (Phi) is 4.98. The molecule has 27 heavy (non-hydrogen) atoms. The van der Waals surface area contributed by atoms with E-state index >= 15 is 0 Å². The van der Waals surface area contributed by atoms with Crippen molar-refractivity contribution in [2.24, 2.45) is 5.10 Å². The van der Waals surface area contributed by atoms with Gasteiger partial charge in [-0.3, -0.25) is 14.6 Å². The fraction of sp³-hybridized carbons (Fsp3) is 0.0526. The minimum Gasteiger partial charge on any atom is -0.493 e. The first kappa shape index (κ1) is 17.9. The first-order valence-corrected chi connectivity index (χ1v) is 8.01. The highest BCUT2D eigenvalue weighted by Gasteiger charge is 2.14. The molecule has 0 saturated carbocycles. The van der Waals surface area contributed by atoms with Crippen molar-refractivity contribution < 1.29 is 9.90 Å². The number of hydrogen-bond acceptors (Lipinski definition) is 5. The number of rotatable bonds is 4. The van der Waals surface area contributed by atoms with E-state index in [1.54, 1.807) is 48.5 Å². The number of carbonyl (C=O) groups is 1. The van der Waals surface area contributed by atoms with Gasteiger partial charge < -0.3 is 5.11 Å². The Morgan fingerprint density at radius 1 is 1.15 bits per heavy atom. The van der Waals surface area contributed by atoms with E-state index in [0.717, 1.165) is 16.3 Å². The molecule has 3 rings (SSSR count). The number of hydrazone groups is 1. The highest BCUT2D eigenvalue weighted by Crippen LogP contribution is 2.16. The van der Waals surface area contributed by atoms with Gasteiger partial charge in [-0.25, -0.2) is 14.8 Å². The minimum absolute atomic E-state index is 0.260. The predicted molar refractivity (Wildman–Crippen MR) is 101 cm³/mol. The molecule has 0 aliphatic rings. The van der Waals surface area contributed by atoms with Crippen molar-refractivity contribution in [1.29, 1.82) is 0 Å². The van der Waals surface area contributed by atoms with Gasteiger partial charge >= 0.3 is 5.69 Å². The third-order valence-electron chi connectivity index (χ3n) is 3.78. The van der Waals surface area contributed by atoms with Crippen LogP contribution in [0.25, 0.3) is 5.69 Å². The molecule has 0 atom stereocenters. The Morgan fingerprint density at radius 2 is 1.89 bits per heavy atom. The molecule has 0 aliphatic heterocycles. The molecule has 0 spiro atoms. The molecular weight excluding hydrogens is 348 g/mol. The van der Waals surface area contributed by atoms with E-state index in [9.17, 15) is 19.5 Å². The van der Waals surface area contributed by atoms with E-state index < -0.39 is 23.0 Å². The number of aromatic amines is 1. The van der Waals surface area contributed by atoms with E-state index in [-0.39, 0.29) is 5.56 Å². The summed E-state index contributed by atoms with van der Waals surface area (Å²) >= 11 is 0. The predicted octanol–water partition coefficient (Wildman–Crippen LogP) is 1.30. The monoisotopic (exact) mass is 364 g/mol. The molecule has 3 N–H and O–H groups in total. The fourth-order valence-electron chi connectivity index (χ4n) is 2.47. The molecule has 0 bridgehead atoms. The molecule has 2 aromatic carbocycles. The standard InChI is InChI=1S/C19H16N4O4/c1-12-6-5-9-14(10-12)23-18(26)15(17(25)21-19(23)27)11-20-22-16(24)13-7-3-2-4-8-13/h2-11,26H,1H3,(H,22,24)(H,21,25,27)/b20-11-. The van der Waals surface area contributed by atoms with E-state index in [4.69, 9.17) is 0 Å². The highest BCUT2D eigenvalue weighted by molar-refractivity contribution is 5.94. The van der Waals surface area contributed by atoms with Gasteiger partial charge in [-0.05, 0) is 36.8 Å². The van der Waals surface area contributed by atoms with E-state index in [0.29, 0.717) is 11.3 Å². The maximum Gasteiger partial charge on any atom is 0.335 e. The van der Waals surface area contributed by atoms with Crippen LogP contribution in [0, 0.1) is 6.92 Å². The number of aromatic hydroxyl groups is 1.